The molecule has 1 aromatic carbocycles. The Morgan fingerprint density at radius 2 is 1.75 bits per heavy atom. The van der Waals surface area contributed by atoms with Crippen LogP contribution in [-0.4, -0.2) is 26.5 Å². The van der Waals surface area contributed by atoms with E-state index in [1.807, 2.05) is 19.1 Å². The molecule has 0 fully saturated rings. The summed E-state index contributed by atoms with van der Waals surface area (Å²) in [4.78, 5) is 16.7. The Kier molecular flexibility index (Phi) is 6.72. The molecule has 0 spiro atoms. The molecule has 0 aliphatic heterocycles. The molecule has 0 radical (unpaired) electrons. The molecule has 0 aliphatic rings. The lowest BCUT2D eigenvalue weighted by atomic mass is 9.87. The summed E-state index contributed by atoms with van der Waals surface area (Å²) in [6.07, 6.45) is 0. The van der Waals surface area contributed by atoms with E-state index in [1.165, 1.54) is 18.4 Å². The van der Waals surface area contributed by atoms with Crippen LogP contribution in [0.4, 0.5) is 5.82 Å². The van der Waals surface area contributed by atoms with Gasteiger partial charge in [-0.15, -0.1) is 11.3 Å². The van der Waals surface area contributed by atoms with Crippen molar-refractivity contribution in [2.24, 2.45) is 0 Å². The van der Waals surface area contributed by atoms with Crippen molar-refractivity contribution in [1.82, 2.24) is 4.98 Å². The van der Waals surface area contributed by atoms with Crippen LogP contribution in [0.2, 0.25) is 0 Å². The molecule has 0 saturated heterocycles. The summed E-state index contributed by atoms with van der Waals surface area (Å²) in [5.41, 5.74) is 2.70. The third kappa shape index (κ3) is 5.36. The summed E-state index contributed by atoms with van der Waals surface area (Å²) in [6.45, 7) is 8.03. The highest BCUT2D eigenvalue weighted by atomic mass is 32.2. The largest absolute Gasteiger partial charge is 0.465 e. The Hall–Kier alpha value is -3.15. The van der Waals surface area contributed by atoms with Crippen LogP contribution >= 0.6 is 11.3 Å². The third-order valence-corrected chi connectivity index (χ3v) is 6.98. The predicted molar refractivity (Wildman–Crippen MR) is 127 cm³/mol. The number of anilines is 1. The van der Waals surface area contributed by atoms with Crippen LogP contribution in [0.3, 0.4) is 0 Å². The van der Waals surface area contributed by atoms with Crippen molar-refractivity contribution in [3.8, 4) is 11.8 Å². The number of hydrogen-bond acceptors (Lipinski definition) is 6. The zero-order chi connectivity index (χ0) is 23.5. The van der Waals surface area contributed by atoms with Crippen molar-refractivity contribution in [3.05, 3.63) is 75.1 Å². The normalized spacial score (nSPS) is 11.4. The molecule has 0 atom stereocenters. The molecule has 2 heterocycles. The zero-order valence-electron chi connectivity index (χ0n) is 18.5. The summed E-state index contributed by atoms with van der Waals surface area (Å²) in [6, 6.07) is 11.9. The molecule has 3 aromatic rings. The number of aromatic nitrogens is 1. The molecule has 0 bridgehead atoms. The Balaban J connectivity index is 1.87. The van der Waals surface area contributed by atoms with Crippen molar-refractivity contribution in [1.29, 1.82) is 0 Å². The van der Waals surface area contributed by atoms with Gasteiger partial charge >= 0.3 is 5.97 Å². The van der Waals surface area contributed by atoms with Gasteiger partial charge in [-0.05, 0) is 59.0 Å². The summed E-state index contributed by atoms with van der Waals surface area (Å²) in [5, 5.41) is 1.76. The average Bonchev–Trinajstić information content (AvgIpc) is 3.21. The van der Waals surface area contributed by atoms with Crippen LogP contribution in [0.1, 0.15) is 52.8 Å². The minimum atomic E-state index is -3.80. The number of hydrogen-bond donors (Lipinski definition) is 1. The van der Waals surface area contributed by atoms with E-state index in [-0.39, 0.29) is 16.1 Å². The first-order valence-electron chi connectivity index (χ1n) is 9.80. The number of carbonyl (C=O) groups is 1. The first kappa shape index (κ1) is 23.5. The van der Waals surface area contributed by atoms with E-state index in [2.05, 4.69) is 42.3 Å². The monoisotopic (exact) mass is 468 g/mol. The van der Waals surface area contributed by atoms with Gasteiger partial charge in [0.25, 0.3) is 10.0 Å². The van der Waals surface area contributed by atoms with Gasteiger partial charge in [-0.3, -0.25) is 4.72 Å². The van der Waals surface area contributed by atoms with E-state index in [4.69, 9.17) is 4.74 Å². The van der Waals surface area contributed by atoms with E-state index >= 15 is 0 Å². The molecule has 6 nitrogen and oxygen atoms in total. The fraction of sp³-hybridized carbons (Fsp3) is 0.250. The second-order valence-electron chi connectivity index (χ2n) is 8.15. The highest BCUT2D eigenvalue weighted by Crippen LogP contribution is 2.24. The van der Waals surface area contributed by atoms with Crippen molar-refractivity contribution < 1.29 is 17.9 Å². The molecular formula is C24H24N2O4S2. The molecule has 32 heavy (non-hydrogen) atoms. The lowest BCUT2D eigenvalue weighted by Gasteiger charge is -2.19. The summed E-state index contributed by atoms with van der Waals surface area (Å²) < 4.78 is 32.9. The van der Waals surface area contributed by atoms with E-state index in [0.29, 0.717) is 16.1 Å². The van der Waals surface area contributed by atoms with Crippen LogP contribution in [-0.2, 0) is 20.2 Å². The maximum atomic E-state index is 12.8. The van der Waals surface area contributed by atoms with Gasteiger partial charge in [-0.25, -0.2) is 18.2 Å². The van der Waals surface area contributed by atoms with Gasteiger partial charge in [0.05, 0.1) is 17.6 Å². The summed E-state index contributed by atoms with van der Waals surface area (Å²) >= 11 is 1.24. The van der Waals surface area contributed by atoms with Gasteiger partial charge in [0.1, 0.15) is 16.4 Å². The quantitative estimate of drug-likeness (QED) is 0.442. The van der Waals surface area contributed by atoms with E-state index in [9.17, 15) is 13.2 Å². The van der Waals surface area contributed by atoms with Crippen molar-refractivity contribution in [3.63, 3.8) is 0 Å². The number of thiophene rings is 1. The minimum absolute atomic E-state index is 0.0714. The third-order valence-electron chi connectivity index (χ3n) is 4.72. The number of sulfonamides is 1. The van der Waals surface area contributed by atoms with Crippen LogP contribution in [0.25, 0.3) is 0 Å². The van der Waals surface area contributed by atoms with Crippen LogP contribution < -0.4 is 4.72 Å². The van der Waals surface area contributed by atoms with Crippen molar-refractivity contribution in [2.75, 3.05) is 11.8 Å². The molecule has 8 heteroatoms. The topological polar surface area (TPSA) is 85.4 Å². The number of carbonyl (C=O) groups excluding carboxylic acids is 1. The fourth-order valence-corrected chi connectivity index (χ4v) is 4.59. The van der Waals surface area contributed by atoms with Crippen LogP contribution in [0, 0.1) is 18.8 Å². The number of aryl methyl sites for hydroxylation is 1. The predicted octanol–water partition coefficient (Wildman–Crippen LogP) is 4.74. The van der Waals surface area contributed by atoms with Gasteiger partial charge in [-0.1, -0.05) is 44.9 Å². The lowest BCUT2D eigenvalue weighted by Crippen LogP contribution is -2.15. The number of rotatable bonds is 4. The number of ether oxygens (including phenoxy) is 1. The molecule has 0 aliphatic carbocycles. The second-order valence-corrected chi connectivity index (χ2v) is 10.7. The number of pyridine rings is 1. The molecule has 1 N–H and O–H groups in total. The number of esters is 1. The van der Waals surface area contributed by atoms with Gasteiger partial charge in [0.15, 0.2) is 0 Å². The molecule has 2 aromatic heterocycles. The second kappa shape index (κ2) is 9.15. The Bertz CT molecular complexity index is 1310. The van der Waals surface area contributed by atoms with Gasteiger partial charge in [0.2, 0.25) is 0 Å². The molecule has 0 saturated carbocycles. The summed E-state index contributed by atoms with van der Waals surface area (Å²) in [5.74, 6) is 5.57. The lowest BCUT2D eigenvalue weighted by molar-refractivity contribution is 0.0606. The number of methoxy groups -OCH3 is 1. The first-order chi connectivity index (χ1) is 15.0. The van der Waals surface area contributed by atoms with Gasteiger partial charge in [0, 0.05) is 0 Å². The van der Waals surface area contributed by atoms with Crippen LogP contribution in [0.5, 0.6) is 0 Å². The average molecular weight is 469 g/mol. The number of nitrogens with zero attached hydrogens (tertiary/aromatic N) is 1. The molecular weight excluding hydrogens is 444 g/mol. The van der Waals surface area contributed by atoms with Crippen molar-refractivity contribution in [2.45, 2.75) is 38.0 Å². The Morgan fingerprint density at radius 1 is 1.06 bits per heavy atom. The minimum Gasteiger partial charge on any atom is -0.465 e. The first-order valence-corrected chi connectivity index (χ1v) is 12.2. The molecule has 3 rings (SSSR count). The highest BCUT2D eigenvalue weighted by molar-refractivity contribution is 7.92. The maximum Gasteiger partial charge on any atom is 0.349 e. The number of benzene rings is 1. The van der Waals surface area contributed by atoms with E-state index in [1.54, 1.807) is 35.7 Å². The fourth-order valence-electron chi connectivity index (χ4n) is 2.83. The molecule has 0 unspecified atom stereocenters. The van der Waals surface area contributed by atoms with Crippen LogP contribution in [0.15, 0.2) is 52.7 Å². The van der Waals surface area contributed by atoms with E-state index in [0.717, 1.165) is 11.1 Å². The Morgan fingerprint density at radius 3 is 2.38 bits per heavy atom. The Labute approximate surface area is 192 Å². The summed E-state index contributed by atoms with van der Waals surface area (Å²) in [7, 11) is -2.49. The maximum absolute atomic E-state index is 12.8. The van der Waals surface area contributed by atoms with E-state index < -0.39 is 16.0 Å². The number of nitrogens with one attached hydrogen (secondary N) is 1. The molecule has 166 valence electrons. The zero-order valence-corrected chi connectivity index (χ0v) is 20.1. The smallest absolute Gasteiger partial charge is 0.349 e. The van der Waals surface area contributed by atoms with Gasteiger partial charge < -0.3 is 4.74 Å². The molecule has 0 amide bonds. The highest BCUT2D eigenvalue weighted by Gasteiger charge is 2.18. The van der Waals surface area contributed by atoms with Gasteiger partial charge in [-0.2, -0.15) is 0 Å². The van der Waals surface area contributed by atoms with Crippen molar-refractivity contribution >= 4 is 33.1 Å². The standard InChI is InChI=1S/C24H24N2O4S2/c1-16-6-13-21(25-20(16)12-7-17-14-15-31-22(17)23(27)30-5)26-32(28,29)19-10-8-18(9-11-19)24(2,3)4/h6,8-11,13-15H,1-5H3,(H,25,26). The SMILES string of the molecule is COC(=O)c1sccc1C#Cc1nc(NS(=O)(=O)c2ccc(C(C)(C)C)cc2)ccc1C.